The largest absolute Gasteiger partial charge is 0.393 e. The van der Waals surface area contributed by atoms with E-state index in [-0.39, 0.29) is 23.8 Å². The molecule has 1 aliphatic carbocycles. The maximum absolute atomic E-state index is 11.1. The van der Waals surface area contributed by atoms with Crippen molar-refractivity contribution in [3.8, 4) is 0 Å². The van der Waals surface area contributed by atoms with Gasteiger partial charge in [-0.15, -0.1) is 0 Å². The number of esters is 2. The van der Waals surface area contributed by atoms with Crippen LogP contribution >= 0.6 is 0 Å². The molecule has 3 heteroatoms. The van der Waals surface area contributed by atoms with Crippen molar-refractivity contribution < 1.29 is 14.3 Å². The van der Waals surface area contributed by atoms with Crippen LogP contribution in [0.15, 0.2) is 11.6 Å². The SMILES string of the molecule is CC1=CC[C@H]2C(=O)OC(=O)[C@@H]2C1. The van der Waals surface area contributed by atoms with Crippen LogP contribution in [0.5, 0.6) is 0 Å². The topological polar surface area (TPSA) is 43.4 Å². The summed E-state index contributed by atoms with van der Waals surface area (Å²) in [6, 6.07) is 0. The zero-order valence-electron chi connectivity index (χ0n) is 6.87. The fourth-order valence-corrected chi connectivity index (χ4v) is 1.82. The van der Waals surface area contributed by atoms with E-state index < -0.39 is 0 Å². The van der Waals surface area contributed by atoms with Crippen LogP contribution in [0.25, 0.3) is 0 Å². The zero-order valence-corrected chi connectivity index (χ0v) is 6.87. The van der Waals surface area contributed by atoms with E-state index in [2.05, 4.69) is 4.74 Å². The lowest BCUT2D eigenvalue weighted by molar-refractivity contribution is -0.153. The van der Waals surface area contributed by atoms with Crippen LogP contribution in [0.4, 0.5) is 0 Å². The van der Waals surface area contributed by atoms with Gasteiger partial charge >= 0.3 is 11.9 Å². The number of carbonyl (C=O) groups excluding carboxylic acids is 2. The quantitative estimate of drug-likeness (QED) is 0.307. The Hall–Kier alpha value is -1.12. The number of allylic oxidation sites excluding steroid dienone is 2. The summed E-state index contributed by atoms with van der Waals surface area (Å²) in [7, 11) is 0. The molecule has 0 amide bonds. The van der Waals surface area contributed by atoms with Crippen LogP contribution in [0, 0.1) is 11.8 Å². The molecule has 2 aliphatic rings. The number of hydrogen-bond acceptors (Lipinski definition) is 3. The van der Waals surface area contributed by atoms with E-state index in [0.717, 1.165) is 0 Å². The molecule has 1 aliphatic heterocycles. The molecule has 1 fully saturated rings. The maximum atomic E-state index is 11.1. The molecule has 0 saturated carbocycles. The van der Waals surface area contributed by atoms with Crippen molar-refractivity contribution in [2.45, 2.75) is 19.8 Å². The molecule has 0 unspecified atom stereocenters. The van der Waals surface area contributed by atoms with Crippen LogP contribution in [0.3, 0.4) is 0 Å². The average molecular weight is 166 g/mol. The molecule has 2 atom stereocenters. The predicted octanol–water partition coefficient (Wildman–Crippen LogP) is 1.04. The molecule has 0 bridgehead atoms. The summed E-state index contributed by atoms with van der Waals surface area (Å²) in [4.78, 5) is 22.1. The third-order valence-corrected chi connectivity index (χ3v) is 2.55. The van der Waals surface area contributed by atoms with E-state index in [1.54, 1.807) is 0 Å². The second kappa shape index (κ2) is 2.44. The standard InChI is InChI=1S/C9H10O3/c1-5-2-3-6-7(4-5)9(11)12-8(6)10/h2,6-7H,3-4H2,1H3/t6-,7-/m1/s1. The minimum atomic E-state index is -0.339. The van der Waals surface area contributed by atoms with Crippen molar-refractivity contribution in [1.82, 2.24) is 0 Å². The van der Waals surface area contributed by atoms with Gasteiger partial charge in [0.2, 0.25) is 0 Å². The van der Waals surface area contributed by atoms with E-state index in [1.807, 2.05) is 13.0 Å². The van der Waals surface area contributed by atoms with Gasteiger partial charge in [-0.25, -0.2) is 0 Å². The molecule has 0 N–H and O–H groups in total. The summed E-state index contributed by atoms with van der Waals surface area (Å²) in [6.07, 6.45) is 3.37. The summed E-state index contributed by atoms with van der Waals surface area (Å²) in [5, 5.41) is 0. The van der Waals surface area contributed by atoms with Gasteiger partial charge in [-0.05, 0) is 19.8 Å². The van der Waals surface area contributed by atoms with Crippen molar-refractivity contribution in [3.63, 3.8) is 0 Å². The molecular formula is C9H10O3. The molecule has 1 saturated heterocycles. The second-order valence-electron chi connectivity index (χ2n) is 3.44. The van der Waals surface area contributed by atoms with Crippen LogP contribution in [-0.4, -0.2) is 11.9 Å². The van der Waals surface area contributed by atoms with Gasteiger partial charge in [-0.1, -0.05) is 11.6 Å². The number of carbonyl (C=O) groups is 2. The number of ether oxygens (including phenoxy) is 1. The fraction of sp³-hybridized carbons (Fsp3) is 0.556. The van der Waals surface area contributed by atoms with Gasteiger partial charge in [0.1, 0.15) is 0 Å². The van der Waals surface area contributed by atoms with E-state index in [0.29, 0.717) is 12.8 Å². The highest BCUT2D eigenvalue weighted by Crippen LogP contribution is 2.35. The lowest BCUT2D eigenvalue weighted by Crippen LogP contribution is -2.20. The van der Waals surface area contributed by atoms with Gasteiger partial charge in [0.05, 0.1) is 11.8 Å². The molecule has 0 aromatic rings. The fourth-order valence-electron chi connectivity index (χ4n) is 1.82. The number of hydrogen-bond donors (Lipinski definition) is 0. The van der Waals surface area contributed by atoms with Gasteiger partial charge in [0.25, 0.3) is 0 Å². The zero-order chi connectivity index (χ0) is 8.72. The summed E-state index contributed by atoms with van der Waals surface area (Å²) >= 11 is 0. The number of rotatable bonds is 0. The highest BCUT2D eigenvalue weighted by molar-refractivity contribution is 5.96. The first-order valence-electron chi connectivity index (χ1n) is 4.09. The minimum absolute atomic E-state index is 0.192. The van der Waals surface area contributed by atoms with Crippen molar-refractivity contribution in [2.75, 3.05) is 0 Å². The molecule has 0 aromatic carbocycles. The smallest absolute Gasteiger partial charge is 0.317 e. The van der Waals surface area contributed by atoms with Crippen LogP contribution in [0.2, 0.25) is 0 Å². The first kappa shape index (κ1) is 7.53. The first-order chi connectivity index (χ1) is 5.68. The molecule has 64 valence electrons. The molecular weight excluding hydrogens is 156 g/mol. The monoisotopic (exact) mass is 166 g/mol. The molecule has 0 radical (unpaired) electrons. The van der Waals surface area contributed by atoms with Crippen molar-refractivity contribution >= 4 is 11.9 Å². The maximum Gasteiger partial charge on any atom is 0.317 e. The van der Waals surface area contributed by atoms with Gasteiger partial charge < -0.3 is 4.74 Å². The predicted molar refractivity (Wildman–Crippen MR) is 41.1 cm³/mol. The summed E-state index contributed by atoms with van der Waals surface area (Å²) in [5.74, 6) is -1.06. The van der Waals surface area contributed by atoms with E-state index in [1.165, 1.54) is 5.57 Å². The van der Waals surface area contributed by atoms with Crippen LogP contribution in [-0.2, 0) is 14.3 Å². The highest BCUT2D eigenvalue weighted by atomic mass is 16.6. The van der Waals surface area contributed by atoms with Crippen LogP contribution < -0.4 is 0 Å². The Morgan fingerprint density at radius 2 is 2.00 bits per heavy atom. The summed E-state index contributed by atoms with van der Waals surface area (Å²) in [6.45, 7) is 1.98. The molecule has 0 spiro atoms. The van der Waals surface area contributed by atoms with E-state index in [4.69, 9.17) is 0 Å². The third-order valence-electron chi connectivity index (χ3n) is 2.55. The number of fused-ring (bicyclic) bond motifs is 1. The first-order valence-corrected chi connectivity index (χ1v) is 4.09. The van der Waals surface area contributed by atoms with Gasteiger partial charge in [-0.2, -0.15) is 0 Å². The lowest BCUT2D eigenvalue weighted by Gasteiger charge is -2.17. The van der Waals surface area contributed by atoms with Gasteiger partial charge in [0.15, 0.2) is 0 Å². The Morgan fingerprint density at radius 3 is 2.75 bits per heavy atom. The summed E-state index contributed by atoms with van der Waals surface area (Å²) in [5.41, 5.74) is 1.18. The van der Waals surface area contributed by atoms with Crippen molar-refractivity contribution in [2.24, 2.45) is 11.8 Å². The third kappa shape index (κ3) is 0.967. The Bertz CT molecular complexity index is 277. The van der Waals surface area contributed by atoms with Crippen molar-refractivity contribution in [3.05, 3.63) is 11.6 Å². The normalized spacial score (nSPS) is 34.2. The highest BCUT2D eigenvalue weighted by Gasteiger charge is 2.44. The Morgan fingerprint density at radius 1 is 1.33 bits per heavy atom. The Balaban J connectivity index is 2.27. The molecule has 3 nitrogen and oxygen atoms in total. The lowest BCUT2D eigenvalue weighted by atomic mass is 9.82. The Labute approximate surface area is 70.4 Å². The average Bonchev–Trinajstić information content (AvgIpc) is 2.28. The Kier molecular flexibility index (Phi) is 1.53. The molecule has 0 aromatic heterocycles. The van der Waals surface area contributed by atoms with Gasteiger partial charge in [-0.3, -0.25) is 9.59 Å². The van der Waals surface area contributed by atoms with E-state index in [9.17, 15) is 9.59 Å². The van der Waals surface area contributed by atoms with Gasteiger partial charge in [0, 0.05) is 0 Å². The summed E-state index contributed by atoms with van der Waals surface area (Å²) < 4.78 is 4.55. The van der Waals surface area contributed by atoms with Crippen molar-refractivity contribution in [1.29, 1.82) is 0 Å². The number of cyclic esters (lactones) is 2. The molecule has 12 heavy (non-hydrogen) atoms. The second-order valence-corrected chi connectivity index (χ2v) is 3.44. The van der Waals surface area contributed by atoms with Crippen LogP contribution in [0.1, 0.15) is 19.8 Å². The minimum Gasteiger partial charge on any atom is -0.393 e. The molecule has 2 rings (SSSR count). The molecule has 1 heterocycles. The van der Waals surface area contributed by atoms with E-state index >= 15 is 0 Å².